The molecule has 0 aromatic carbocycles. The van der Waals surface area contributed by atoms with E-state index in [9.17, 15) is 13.8 Å². The van der Waals surface area contributed by atoms with Gasteiger partial charge in [-0.15, -0.1) is 0 Å². The van der Waals surface area contributed by atoms with E-state index in [1.54, 1.807) is 37.0 Å². The van der Waals surface area contributed by atoms with Gasteiger partial charge in [-0.05, 0) is 57.2 Å². The highest BCUT2D eigenvalue weighted by Gasteiger charge is 2.42. The number of furan rings is 1. The highest BCUT2D eigenvalue weighted by atomic mass is 32.2. The van der Waals surface area contributed by atoms with Crippen molar-refractivity contribution in [1.29, 1.82) is 0 Å². The van der Waals surface area contributed by atoms with Crippen LogP contribution in [0.2, 0.25) is 0 Å². The lowest BCUT2D eigenvalue weighted by molar-refractivity contribution is -0.0925. The first-order valence-electron chi connectivity index (χ1n) is 10.5. The summed E-state index contributed by atoms with van der Waals surface area (Å²) >= 11 is 0. The topological polar surface area (TPSA) is 116 Å². The molecule has 2 aliphatic rings. The average molecular weight is 449 g/mol. The summed E-state index contributed by atoms with van der Waals surface area (Å²) in [6.45, 7) is 4.15. The van der Waals surface area contributed by atoms with Crippen LogP contribution in [-0.4, -0.2) is 55.6 Å². The van der Waals surface area contributed by atoms with Crippen LogP contribution in [0.15, 0.2) is 27.1 Å². The van der Waals surface area contributed by atoms with Gasteiger partial charge in [0.25, 0.3) is 5.91 Å². The number of carbonyl (C=O) groups is 2. The van der Waals surface area contributed by atoms with Crippen LogP contribution >= 0.6 is 0 Å². The van der Waals surface area contributed by atoms with Crippen molar-refractivity contribution in [3.63, 3.8) is 0 Å². The smallest absolute Gasteiger partial charge is 0.320 e. The lowest BCUT2D eigenvalue weighted by Crippen LogP contribution is -2.52. The Labute approximate surface area is 181 Å². The van der Waals surface area contributed by atoms with E-state index in [4.69, 9.17) is 9.15 Å². The molecule has 1 spiro atoms. The van der Waals surface area contributed by atoms with E-state index < -0.39 is 21.2 Å². The predicted molar refractivity (Wildman–Crippen MR) is 114 cm³/mol. The molecule has 0 aliphatic carbocycles. The quantitative estimate of drug-likeness (QED) is 0.771. The predicted octanol–water partition coefficient (Wildman–Crippen LogP) is 2.38. The first-order chi connectivity index (χ1) is 14.7. The number of nitrogens with zero attached hydrogens (tertiary/aromatic N) is 3. The minimum atomic E-state index is -2.66. The zero-order valence-corrected chi connectivity index (χ0v) is 18.9. The zero-order valence-electron chi connectivity index (χ0n) is 18.1. The van der Waals surface area contributed by atoms with E-state index in [0.717, 1.165) is 12.0 Å². The molecule has 4 heterocycles. The van der Waals surface area contributed by atoms with Crippen LogP contribution in [-0.2, 0) is 21.5 Å². The van der Waals surface area contributed by atoms with Crippen LogP contribution in [0, 0.1) is 13.8 Å². The van der Waals surface area contributed by atoms with E-state index in [1.807, 2.05) is 6.92 Å². The SMILES string of the molecule is Cc1cc(C(=O)N=S2(=O)CCC3(CC2)CC(NC(=O)c2ccn(C)n2)CCO3)oc1C. The Balaban J connectivity index is 1.40. The van der Waals surface area contributed by atoms with Crippen LogP contribution < -0.4 is 5.32 Å². The number of amides is 2. The van der Waals surface area contributed by atoms with Gasteiger partial charge >= 0.3 is 5.91 Å². The zero-order chi connectivity index (χ0) is 22.2. The summed E-state index contributed by atoms with van der Waals surface area (Å²) in [5.41, 5.74) is 0.804. The maximum absolute atomic E-state index is 13.2. The van der Waals surface area contributed by atoms with E-state index in [0.29, 0.717) is 48.8 Å². The number of aryl methyl sites for hydroxylation is 3. The second kappa shape index (κ2) is 8.23. The van der Waals surface area contributed by atoms with Gasteiger partial charge in [0.15, 0.2) is 5.76 Å². The third-order valence-corrected chi connectivity index (χ3v) is 8.34. The Morgan fingerprint density at radius 3 is 2.68 bits per heavy atom. The Bertz CT molecular complexity index is 1090. The van der Waals surface area contributed by atoms with Crippen molar-refractivity contribution < 1.29 is 23.0 Å². The number of hydrogen-bond donors (Lipinski definition) is 1. The maximum atomic E-state index is 13.2. The van der Waals surface area contributed by atoms with Gasteiger partial charge in [-0.1, -0.05) is 0 Å². The van der Waals surface area contributed by atoms with Gasteiger partial charge in [0, 0.05) is 37.4 Å². The van der Waals surface area contributed by atoms with Crippen molar-refractivity contribution >= 4 is 21.5 Å². The second-order valence-electron chi connectivity index (χ2n) is 8.50. The Morgan fingerprint density at radius 1 is 1.32 bits per heavy atom. The molecule has 9 nitrogen and oxygen atoms in total. The first-order valence-corrected chi connectivity index (χ1v) is 12.3. The van der Waals surface area contributed by atoms with Gasteiger partial charge in [0.2, 0.25) is 0 Å². The van der Waals surface area contributed by atoms with E-state index in [2.05, 4.69) is 14.8 Å². The molecule has 2 saturated heterocycles. The third-order valence-electron chi connectivity index (χ3n) is 6.15. The minimum absolute atomic E-state index is 0.0370. The van der Waals surface area contributed by atoms with E-state index >= 15 is 0 Å². The van der Waals surface area contributed by atoms with Gasteiger partial charge in [-0.3, -0.25) is 14.3 Å². The number of ether oxygens (including phenoxy) is 1. The molecule has 0 radical (unpaired) electrons. The first kappa shape index (κ1) is 21.8. The second-order valence-corrected chi connectivity index (χ2v) is 11.0. The van der Waals surface area contributed by atoms with Gasteiger partial charge in [-0.25, -0.2) is 4.21 Å². The van der Waals surface area contributed by atoms with Gasteiger partial charge in [0.05, 0.1) is 15.3 Å². The Morgan fingerprint density at radius 2 is 2.06 bits per heavy atom. The van der Waals surface area contributed by atoms with Crippen molar-refractivity contribution in [3.05, 3.63) is 41.1 Å². The molecular formula is C21H28N4O5S. The molecule has 1 unspecified atom stereocenters. The highest BCUT2D eigenvalue weighted by molar-refractivity contribution is 7.93. The number of carbonyl (C=O) groups excluding carboxylic acids is 2. The van der Waals surface area contributed by atoms with Crippen LogP contribution in [0.1, 0.15) is 58.1 Å². The largest absolute Gasteiger partial charge is 0.456 e. The molecule has 2 amide bonds. The third kappa shape index (κ3) is 4.74. The molecule has 4 rings (SSSR count). The van der Waals surface area contributed by atoms with Crippen LogP contribution in [0.3, 0.4) is 0 Å². The van der Waals surface area contributed by atoms with Gasteiger partial charge in [-0.2, -0.15) is 9.46 Å². The lowest BCUT2D eigenvalue weighted by Gasteiger charge is -2.44. The minimum Gasteiger partial charge on any atom is -0.456 e. The molecule has 0 saturated carbocycles. The number of rotatable bonds is 3. The normalized spacial score (nSPS) is 28.4. The standard InChI is InChI=1S/C21H28N4O5S/c1-14-12-18(30-15(14)2)20(27)24-31(28)10-6-21(7-11-31)13-16(5-9-29-21)22-19(26)17-4-8-25(3)23-17/h4,8,12,16H,5-7,9-11,13H2,1-3H3,(H,22,26). The summed E-state index contributed by atoms with van der Waals surface area (Å²) in [5.74, 6) is 0.597. The molecule has 0 bridgehead atoms. The molecule has 168 valence electrons. The van der Waals surface area contributed by atoms with E-state index in [-0.39, 0.29) is 17.7 Å². The van der Waals surface area contributed by atoms with Crippen molar-refractivity contribution in [1.82, 2.24) is 15.1 Å². The van der Waals surface area contributed by atoms with Crippen molar-refractivity contribution in [2.45, 2.75) is 51.2 Å². The summed E-state index contributed by atoms with van der Waals surface area (Å²) in [5, 5.41) is 7.19. The molecular weight excluding hydrogens is 420 g/mol. The molecule has 2 aromatic rings. The fraction of sp³-hybridized carbons (Fsp3) is 0.571. The van der Waals surface area contributed by atoms with Crippen LogP contribution in [0.25, 0.3) is 0 Å². The fourth-order valence-corrected chi connectivity index (χ4v) is 6.34. The van der Waals surface area contributed by atoms with Crippen molar-refractivity contribution in [2.75, 3.05) is 18.1 Å². The van der Waals surface area contributed by atoms with Crippen LogP contribution in [0.5, 0.6) is 0 Å². The summed E-state index contributed by atoms with van der Waals surface area (Å²) < 4.78 is 30.3. The fourth-order valence-electron chi connectivity index (χ4n) is 4.18. The lowest BCUT2D eigenvalue weighted by atomic mass is 9.85. The summed E-state index contributed by atoms with van der Waals surface area (Å²) in [6.07, 6.45) is 4.17. The molecule has 2 aromatic heterocycles. The van der Waals surface area contributed by atoms with Crippen LogP contribution in [0.4, 0.5) is 0 Å². The molecule has 2 fully saturated rings. The number of nitrogens with one attached hydrogen (secondary N) is 1. The average Bonchev–Trinajstić information content (AvgIpc) is 3.31. The van der Waals surface area contributed by atoms with Gasteiger partial charge in [0.1, 0.15) is 11.5 Å². The summed E-state index contributed by atoms with van der Waals surface area (Å²) in [4.78, 5) is 24.9. The number of hydrogen-bond acceptors (Lipinski definition) is 6. The summed E-state index contributed by atoms with van der Waals surface area (Å²) in [6, 6.07) is 3.28. The van der Waals surface area contributed by atoms with E-state index in [1.165, 1.54) is 0 Å². The van der Waals surface area contributed by atoms with Crippen molar-refractivity contribution in [2.24, 2.45) is 11.4 Å². The van der Waals surface area contributed by atoms with Crippen molar-refractivity contribution in [3.8, 4) is 0 Å². The Kier molecular flexibility index (Phi) is 5.78. The molecule has 1 atom stereocenters. The monoisotopic (exact) mass is 448 g/mol. The molecule has 10 heteroatoms. The molecule has 31 heavy (non-hydrogen) atoms. The molecule has 1 N–H and O–H groups in total. The summed E-state index contributed by atoms with van der Waals surface area (Å²) in [7, 11) is -0.894. The Hall–Kier alpha value is -2.46. The number of aromatic nitrogens is 2. The molecule has 2 aliphatic heterocycles. The van der Waals surface area contributed by atoms with Gasteiger partial charge < -0.3 is 14.5 Å². The highest BCUT2D eigenvalue weighted by Crippen LogP contribution is 2.36. The maximum Gasteiger partial charge on any atom is 0.320 e.